The lowest BCUT2D eigenvalue weighted by Crippen LogP contribution is -2.29. The van der Waals surface area contributed by atoms with Crippen LogP contribution in [-0.4, -0.2) is 25.3 Å². The molecule has 0 aliphatic rings. The number of ether oxygens (including phenoxy) is 2. The SMILES string of the molecule is COc1ccc(C(CCCC(=O)O)(c2ccccc2)c2ccc(OC)cc2)cc1. The first-order valence-corrected chi connectivity index (χ1v) is 9.66. The molecular formula is C25H26O4. The van der Waals surface area contributed by atoms with Gasteiger partial charge in [-0.2, -0.15) is 0 Å². The summed E-state index contributed by atoms with van der Waals surface area (Å²) in [5.41, 5.74) is 2.84. The number of methoxy groups -OCH3 is 2. The van der Waals surface area contributed by atoms with E-state index in [0.29, 0.717) is 12.8 Å². The largest absolute Gasteiger partial charge is 0.497 e. The molecule has 1 N–H and O–H groups in total. The van der Waals surface area contributed by atoms with Crippen molar-refractivity contribution in [3.8, 4) is 11.5 Å². The number of carbonyl (C=O) groups is 1. The average molecular weight is 390 g/mol. The minimum absolute atomic E-state index is 0.126. The molecule has 0 aliphatic carbocycles. The van der Waals surface area contributed by atoms with Crippen LogP contribution in [-0.2, 0) is 10.2 Å². The van der Waals surface area contributed by atoms with E-state index in [1.165, 1.54) is 0 Å². The summed E-state index contributed by atoms with van der Waals surface area (Å²) in [6, 6.07) is 26.3. The van der Waals surface area contributed by atoms with Gasteiger partial charge in [-0.1, -0.05) is 54.6 Å². The van der Waals surface area contributed by atoms with Gasteiger partial charge in [0, 0.05) is 11.8 Å². The second-order valence-electron chi connectivity index (χ2n) is 6.98. The average Bonchev–Trinajstić information content (AvgIpc) is 2.77. The van der Waals surface area contributed by atoms with Crippen LogP contribution in [0.3, 0.4) is 0 Å². The highest BCUT2D eigenvalue weighted by Gasteiger charge is 2.36. The molecule has 0 bridgehead atoms. The summed E-state index contributed by atoms with van der Waals surface area (Å²) in [5.74, 6) is 0.795. The number of carboxylic acids is 1. The fourth-order valence-electron chi connectivity index (χ4n) is 3.91. The lowest BCUT2D eigenvalue weighted by molar-refractivity contribution is -0.137. The third kappa shape index (κ3) is 4.43. The summed E-state index contributed by atoms with van der Waals surface area (Å²) in [5, 5.41) is 9.23. The molecule has 4 nitrogen and oxygen atoms in total. The number of rotatable bonds is 9. The maximum atomic E-state index is 11.2. The fraction of sp³-hybridized carbons (Fsp3) is 0.240. The van der Waals surface area contributed by atoms with Crippen molar-refractivity contribution in [2.45, 2.75) is 24.7 Å². The summed E-state index contributed by atoms with van der Waals surface area (Å²) >= 11 is 0. The number of hydrogen-bond acceptors (Lipinski definition) is 3. The Bertz CT molecular complexity index is 868. The van der Waals surface area contributed by atoms with Crippen LogP contribution in [0, 0.1) is 0 Å². The summed E-state index contributed by atoms with van der Waals surface area (Å²) in [6.07, 6.45) is 1.35. The second-order valence-corrected chi connectivity index (χ2v) is 6.98. The Kier molecular flexibility index (Phi) is 6.55. The molecule has 0 aromatic heterocycles. The summed E-state index contributed by atoms with van der Waals surface area (Å²) in [6.45, 7) is 0. The van der Waals surface area contributed by atoms with Crippen LogP contribution in [0.5, 0.6) is 11.5 Å². The number of carboxylic acid groups (broad SMARTS) is 1. The van der Waals surface area contributed by atoms with Crippen LogP contribution in [0.1, 0.15) is 36.0 Å². The highest BCUT2D eigenvalue weighted by molar-refractivity contribution is 5.66. The van der Waals surface area contributed by atoms with Gasteiger partial charge < -0.3 is 14.6 Å². The zero-order valence-corrected chi connectivity index (χ0v) is 16.8. The van der Waals surface area contributed by atoms with E-state index in [1.807, 2.05) is 42.5 Å². The van der Waals surface area contributed by atoms with Crippen molar-refractivity contribution < 1.29 is 19.4 Å². The zero-order chi connectivity index (χ0) is 20.7. The fourth-order valence-corrected chi connectivity index (χ4v) is 3.91. The van der Waals surface area contributed by atoms with E-state index in [1.54, 1.807) is 14.2 Å². The van der Waals surface area contributed by atoms with E-state index in [0.717, 1.165) is 28.2 Å². The van der Waals surface area contributed by atoms with Gasteiger partial charge in [0.1, 0.15) is 11.5 Å². The zero-order valence-electron chi connectivity index (χ0n) is 16.8. The molecule has 0 saturated carbocycles. The number of hydrogen-bond donors (Lipinski definition) is 1. The lowest BCUT2D eigenvalue weighted by atomic mass is 9.66. The van der Waals surface area contributed by atoms with Gasteiger partial charge in [0.2, 0.25) is 0 Å². The summed E-state index contributed by atoms with van der Waals surface area (Å²) in [7, 11) is 3.30. The molecule has 0 radical (unpaired) electrons. The van der Waals surface area contributed by atoms with Crippen LogP contribution in [0.2, 0.25) is 0 Å². The monoisotopic (exact) mass is 390 g/mol. The van der Waals surface area contributed by atoms with Gasteiger partial charge in [-0.05, 0) is 53.8 Å². The molecule has 29 heavy (non-hydrogen) atoms. The molecule has 3 aromatic carbocycles. The third-order valence-electron chi connectivity index (χ3n) is 5.37. The van der Waals surface area contributed by atoms with Gasteiger partial charge in [0.05, 0.1) is 14.2 Å². The maximum Gasteiger partial charge on any atom is 0.303 e. The van der Waals surface area contributed by atoms with Gasteiger partial charge in [0.25, 0.3) is 0 Å². The van der Waals surface area contributed by atoms with Gasteiger partial charge in [-0.3, -0.25) is 4.79 Å². The molecule has 0 fully saturated rings. The second kappa shape index (κ2) is 9.28. The molecule has 0 unspecified atom stereocenters. The topological polar surface area (TPSA) is 55.8 Å². The molecule has 0 heterocycles. The van der Waals surface area contributed by atoms with E-state index in [4.69, 9.17) is 9.47 Å². The van der Waals surface area contributed by atoms with E-state index < -0.39 is 11.4 Å². The van der Waals surface area contributed by atoms with Crippen molar-refractivity contribution >= 4 is 5.97 Å². The highest BCUT2D eigenvalue weighted by Crippen LogP contribution is 2.44. The molecule has 0 amide bonds. The molecule has 150 valence electrons. The van der Waals surface area contributed by atoms with Crippen molar-refractivity contribution in [3.63, 3.8) is 0 Å². The van der Waals surface area contributed by atoms with Crippen LogP contribution >= 0.6 is 0 Å². The molecule has 0 atom stereocenters. The van der Waals surface area contributed by atoms with E-state index in [-0.39, 0.29) is 6.42 Å². The number of aliphatic carboxylic acids is 1. The summed E-state index contributed by atoms with van der Waals surface area (Å²) in [4.78, 5) is 11.2. The molecule has 0 aliphatic heterocycles. The Hall–Kier alpha value is -3.27. The first-order chi connectivity index (χ1) is 14.1. The van der Waals surface area contributed by atoms with Crippen molar-refractivity contribution in [2.75, 3.05) is 14.2 Å². The Balaban J connectivity index is 2.19. The van der Waals surface area contributed by atoms with Crippen LogP contribution < -0.4 is 9.47 Å². The Morgan fingerprint density at radius 1 is 0.759 bits per heavy atom. The third-order valence-corrected chi connectivity index (χ3v) is 5.37. The minimum atomic E-state index is -0.781. The van der Waals surface area contributed by atoms with Gasteiger partial charge in [0.15, 0.2) is 0 Å². The predicted molar refractivity (Wildman–Crippen MR) is 114 cm³/mol. The van der Waals surface area contributed by atoms with Gasteiger partial charge >= 0.3 is 5.97 Å². The van der Waals surface area contributed by atoms with Crippen LogP contribution in [0.25, 0.3) is 0 Å². The Morgan fingerprint density at radius 2 is 1.21 bits per heavy atom. The lowest BCUT2D eigenvalue weighted by Gasteiger charge is -2.36. The van der Waals surface area contributed by atoms with Crippen molar-refractivity contribution in [2.24, 2.45) is 0 Å². The first kappa shape index (κ1) is 20.5. The van der Waals surface area contributed by atoms with Crippen molar-refractivity contribution in [3.05, 3.63) is 95.6 Å². The van der Waals surface area contributed by atoms with Crippen LogP contribution in [0.4, 0.5) is 0 Å². The summed E-state index contributed by atoms with van der Waals surface area (Å²) < 4.78 is 10.7. The quantitative estimate of drug-likeness (QED) is 0.504. The molecule has 3 rings (SSSR count). The minimum Gasteiger partial charge on any atom is -0.497 e. The number of benzene rings is 3. The van der Waals surface area contributed by atoms with E-state index in [9.17, 15) is 9.90 Å². The van der Waals surface area contributed by atoms with Crippen molar-refractivity contribution in [1.82, 2.24) is 0 Å². The standard InChI is InChI=1S/C25H26O4/c1-28-22-14-10-20(11-15-22)25(18-6-9-24(26)27,19-7-4-3-5-8-19)21-12-16-23(29-2)17-13-21/h3-5,7-8,10-17H,6,9,18H2,1-2H3,(H,26,27). The van der Waals surface area contributed by atoms with E-state index >= 15 is 0 Å². The smallest absolute Gasteiger partial charge is 0.303 e. The first-order valence-electron chi connectivity index (χ1n) is 9.66. The molecule has 3 aromatic rings. The highest BCUT2D eigenvalue weighted by atomic mass is 16.5. The molecular weight excluding hydrogens is 364 g/mol. The van der Waals surface area contributed by atoms with E-state index in [2.05, 4.69) is 36.4 Å². The normalized spacial score (nSPS) is 11.1. The predicted octanol–water partition coefficient (Wildman–Crippen LogP) is 5.29. The van der Waals surface area contributed by atoms with Gasteiger partial charge in [-0.15, -0.1) is 0 Å². The molecule has 4 heteroatoms. The van der Waals surface area contributed by atoms with Gasteiger partial charge in [-0.25, -0.2) is 0 Å². The van der Waals surface area contributed by atoms with Crippen molar-refractivity contribution in [1.29, 1.82) is 0 Å². The molecule has 0 spiro atoms. The Morgan fingerprint density at radius 3 is 1.62 bits per heavy atom. The molecule has 0 saturated heterocycles. The maximum absolute atomic E-state index is 11.2. The van der Waals surface area contributed by atoms with Crippen LogP contribution in [0.15, 0.2) is 78.9 Å². The Labute approximate surface area is 171 Å².